The molecule has 11 heavy (non-hydrogen) atoms. The van der Waals surface area contributed by atoms with E-state index >= 15 is 0 Å². The first-order chi connectivity index (χ1) is 5.16. The van der Waals surface area contributed by atoms with Crippen LogP contribution in [0.4, 0.5) is 4.39 Å². The van der Waals surface area contributed by atoms with Gasteiger partial charge in [0.05, 0.1) is 16.5 Å². The van der Waals surface area contributed by atoms with Gasteiger partial charge in [-0.2, -0.15) is 0 Å². The average Bonchev–Trinajstić information content (AvgIpc) is 2.01. The molecule has 0 aliphatic rings. The molecule has 0 fully saturated rings. The van der Waals surface area contributed by atoms with Crippen LogP contribution in [0.1, 0.15) is 0 Å². The van der Waals surface area contributed by atoms with Crippen molar-refractivity contribution in [1.29, 1.82) is 0 Å². The van der Waals surface area contributed by atoms with Crippen molar-refractivity contribution in [2.45, 2.75) is 4.90 Å². The largest absolute Gasteiger partial charge is 0.496 e. The van der Waals surface area contributed by atoms with Gasteiger partial charge in [-0.25, -0.2) is 4.39 Å². The van der Waals surface area contributed by atoms with Crippen molar-refractivity contribution in [1.82, 2.24) is 0 Å². The van der Waals surface area contributed by atoms with E-state index in [4.69, 9.17) is 4.74 Å². The quantitative estimate of drug-likeness (QED) is 0.739. The molecular formula is C7H6BrFOS. The Balaban J connectivity index is 3.25. The highest BCUT2D eigenvalue weighted by molar-refractivity contribution is 9.10. The van der Waals surface area contributed by atoms with Crippen LogP contribution in [-0.2, 0) is 0 Å². The molecule has 0 aliphatic heterocycles. The number of hydrogen-bond donors (Lipinski definition) is 1. The minimum absolute atomic E-state index is 0.268. The Hall–Kier alpha value is -0.220. The summed E-state index contributed by atoms with van der Waals surface area (Å²) in [6, 6.07) is 2.85. The second kappa shape index (κ2) is 3.45. The minimum atomic E-state index is -0.360. The van der Waals surface area contributed by atoms with E-state index in [-0.39, 0.29) is 10.7 Å². The van der Waals surface area contributed by atoms with Gasteiger partial charge in [-0.1, -0.05) is 0 Å². The molecule has 0 spiro atoms. The Morgan fingerprint density at radius 1 is 1.55 bits per heavy atom. The summed E-state index contributed by atoms with van der Waals surface area (Å²) in [6.07, 6.45) is 0. The molecule has 0 bridgehead atoms. The van der Waals surface area contributed by atoms with E-state index < -0.39 is 0 Å². The van der Waals surface area contributed by atoms with Gasteiger partial charge in [0.1, 0.15) is 11.6 Å². The van der Waals surface area contributed by atoms with Gasteiger partial charge in [-0.15, -0.1) is 12.6 Å². The van der Waals surface area contributed by atoms with E-state index in [1.54, 1.807) is 6.07 Å². The molecule has 0 aliphatic carbocycles. The highest BCUT2D eigenvalue weighted by Gasteiger charge is 2.07. The molecule has 1 aromatic carbocycles. The number of thiol groups is 1. The third-order valence-corrected chi connectivity index (χ3v) is 2.78. The van der Waals surface area contributed by atoms with Crippen LogP contribution in [0.15, 0.2) is 21.5 Å². The fraction of sp³-hybridized carbons (Fsp3) is 0.143. The van der Waals surface area contributed by atoms with Gasteiger partial charge in [0.15, 0.2) is 0 Å². The normalized spacial score (nSPS) is 9.82. The first-order valence-corrected chi connectivity index (χ1v) is 4.11. The van der Waals surface area contributed by atoms with Crippen molar-refractivity contribution >= 4 is 28.6 Å². The molecule has 0 heterocycles. The maximum absolute atomic E-state index is 12.7. The maximum atomic E-state index is 12.7. The second-order valence-electron chi connectivity index (χ2n) is 1.91. The Labute approximate surface area is 78.1 Å². The van der Waals surface area contributed by atoms with Crippen LogP contribution < -0.4 is 4.74 Å². The van der Waals surface area contributed by atoms with E-state index in [1.165, 1.54) is 13.2 Å². The second-order valence-corrected chi connectivity index (χ2v) is 3.15. The van der Waals surface area contributed by atoms with Crippen molar-refractivity contribution in [3.05, 3.63) is 22.4 Å². The number of benzene rings is 1. The zero-order chi connectivity index (χ0) is 8.43. The van der Waals surface area contributed by atoms with Crippen LogP contribution in [-0.4, -0.2) is 7.11 Å². The average molecular weight is 237 g/mol. The molecule has 60 valence electrons. The zero-order valence-electron chi connectivity index (χ0n) is 5.77. The lowest BCUT2D eigenvalue weighted by Gasteiger charge is -2.04. The number of ether oxygens (including phenoxy) is 1. The monoisotopic (exact) mass is 236 g/mol. The molecule has 0 aromatic heterocycles. The first kappa shape index (κ1) is 8.87. The number of methoxy groups -OCH3 is 1. The smallest absolute Gasteiger partial charge is 0.137 e. The van der Waals surface area contributed by atoms with Gasteiger partial charge in [-0.3, -0.25) is 0 Å². The predicted molar refractivity (Wildman–Crippen MR) is 47.9 cm³/mol. The summed E-state index contributed by atoms with van der Waals surface area (Å²) >= 11 is 7.08. The minimum Gasteiger partial charge on any atom is -0.496 e. The summed E-state index contributed by atoms with van der Waals surface area (Å²) in [4.78, 5) is 0.268. The van der Waals surface area contributed by atoms with Gasteiger partial charge >= 0.3 is 0 Å². The molecule has 1 aromatic rings. The summed E-state index contributed by atoms with van der Waals surface area (Å²) in [5, 5.41) is 0. The molecule has 1 nitrogen and oxygen atoms in total. The van der Waals surface area contributed by atoms with Crippen LogP contribution in [0.2, 0.25) is 0 Å². The van der Waals surface area contributed by atoms with Crippen molar-refractivity contribution in [2.75, 3.05) is 7.11 Å². The Morgan fingerprint density at radius 3 is 2.73 bits per heavy atom. The van der Waals surface area contributed by atoms with Crippen LogP contribution in [0.5, 0.6) is 5.75 Å². The Kier molecular flexibility index (Phi) is 2.78. The molecule has 0 amide bonds. The van der Waals surface area contributed by atoms with Gasteiger partial charge in [0.25, 0.3) is 0 Å². The summed E-state index contributed by atoms with van der Waals surface area (Å²) in [7, 11) is 1.52. The molecule has 0 saturated carbocycles. The fourth-order valence-corrected chi connectivity index (χ4v) is 1.35. The molecule has 0 saturated heterocycles. The van der Waals surface area contributed by atoms with E-state index in [9.17, 15) is 4.39 Å². The lowest BCUT2D eigenvalue weighted by atomic mass is 10.3. The number of rotatable bonds is 1. The van der Waals surface area contributed by atoms with Crippen molar-refractivity contribution in [3.8, 4) is 5.75 Å². The molecular weight excluding hydrogens is 231 g/mol. The Morgan fingerprint density at radius 2 is 2.18 bits per heavy atom. The maximum Gasteiger partial charge on any atom is 0.137 e. The van der Waals surface area contributed by atoms with Gasteiger partial charge in [0, 0.05) is 0 Å². The van der Waals surface area contributed by atoms with Crippen LogP contribution in [0, 0.1) is 5.82 Å². The van der Waals surface area contributed by atoms with E-state index in [1.807, 2.05) is 0 Å². The first-order valence-electron chi connectivity index (χ1n) is 2.87. The molecule has 4 heteroatoms. The lowest BCUT2D eigenvalue weighted by molar-refractivity contribution is 0.408. The molecule has 0 N–H and O–H groups in total. The van der Waals surface area contributed by atoms with E-state index in [0.717, 1.165) is 0 Å². The van der Waals surface area contributed by atoms with E-state index in [2.05, 4.69) is 28.6 Å². The topological polar surface area (TPSA) is 9.23 Å². The number of hydrogen-bond acceptors (Lipinski definition) is 2. The standard InChI is InChI=1S/C7H6BrFOS/c1-10-5-3-2-4(9)7(11)6(5)8/h2-3,11H,1H3. The number of halogens is 2. The van der Waals surface area contributed by atoms with Crippen LogP contribution >= 0.6 is 28.6 Å². The predicted octanol–water partition coefficient (Wildman–Crippen LogP) is 2.89. The summed E-state index contributed by atoms with van der Waals surface area (Å²) in [5.41, 5.74) is 0. The third kappa shape index (κ3) is 1.68. The molecule has 0 atom stereocenters. The van der Waals surface area contributed by atoms with Gasteiger partial charge in [0.2, 0.25) is 0 Å². The van der Waals surface area contributed by atoms with Crippen molar-refractivity contribution in [3.63, 3.8) is 0 Å². The Bertz CT molecular complexity index is 277. The summed E-state index contributed by atoms with van der Waals surface area (Å²) in [6.45, 7) is 0. The molecule has 0 radical (unpaired) electrons. The fourth-order valence-electron chi connectivity index (χ4n) is 0.680. The summed E-state index contributed by atoms with van der Waals surface area (Å²) in [5.74, 6) is 0.220. The van der Waals surface area contributed by atoms with Crippen LogP contribution in [0.3, 0.4) is 0 Å². The SMILES string of the molecule is COc1ccc(F)c(S)c1Br. The van der Waals surface area contributed by atoms with Crippen molar-refractivity contribution in [2.24, 2.45) is 0 Å². The summed E-state index contributed by atoms with van der Waals surface area (Å²) < 4.78 is 18.2. The molecule has 0 unspecified atom stereocenters. The van der Waals surface area contributed by atoms with E-state index in [0.29, 0.717) is 10.2 Å². The van der Waals surface area contributed by atoms with Gasteiger partial charge < -0.3 is 4.74 Å². The lowest BCUT2D eigenvalue weighted by Crippen LogP contribution is -1.87. The molecule has 1 rings (SSSR count). The van der Waals surface area contributed by atoms with Gasteiger partial charge in [-0.05, 0) is 28.1 Å². The zero-order valence-corrected chi connectivity index (χ0v) is 8.25. The van der Waals surface area contributed by atoms with Crippen LogP contribution in [0.25, 0.3) is 0 Å². The highest BCUT2D eigenvalue weighted by atomic mass is 79.9. The van der Waals surface area contributed by atoms with Crippen molar-refractivity contribution < 1.29 is 9.13 Å². The highest BCUT2D eigenvalue weighted by Crippen LogP contribution is 2.32. The third-order valence-electron chi connectivity index (χ3n) is 1.25.